The zero-order chi connectivity index (χ0) is 26.3. The summed E-state index contributed by atoms with van der Waals surface area (Å²) in [6.07, 6.45) is 0. The van der Waals surface area contributed by atoms with E-state index < -0.39 is 0 Å². The Balaban J connectivity index is 0.000000177. The highest BCUT2D eigenvalue weighted by molar-refractivity contribution is 5.98. The third-order valence-electron chi connectivity index (χ3n) is 6.86. The first-order chi connectivity index (χ1) is 18.6. The fourth-order valence-electron chi connectivity index (χ4n) is 4.63. The maximum atomic E-state index is 4.82. The van der Waals surface area contributed by atoms with Crippen LogP contribution in [0.3, 0.4) is 0 Å². The number of hydrogen-bond acceptors (Lipinski definition) is 2. The van der Waals surface area contributed by atoms with Gasteiger partial charge in [-0.25, -0.2) is 0 Å². The second-order valence-corrected chi connectivity index (χ2v) is 10.0. The molecular weight excluding hydrogens is 460 g/mol. The highest BCUT2D eigenvalue weighted by Crippen LogP contribution is 2.24. The molecule has 188 valence electrons. The van der Waals surface area contributed by atoms with Crippen molar-refractivity contribution < 1.29 is 0 Å². The van der Waals surface area contributed by atoms with E-state index in [-0.39, 0.29) is 6.04 Å². The van der Waals surface area contributed by atoms with E-state index in [1.54, 1.807) is 0 Å². The molecule has 0 aliphatic carbocycles. The molecule has 2 nitrogen and oxygen atoms in total. The van der Waals surface area contributed by atoms with Crippen LogP contribution in [0, 0.1) is 0 Å². The minimum absolute atomic E-state index is 0.151. The Kier molecular flexibility index (Phi) is 7.80. The molecule has 6 aromatic rings. The van der Waals surface area contributed by atoms with E-state index in [2.05, 4.69) is 141 Å². The maximum Gasteiger partial charge on any atom is 0.0706 e. The van der Waals surface area contributed by atoms with E-state index in [4.69, 9.17) is 4.98 Å². The average Bonchev–Trinajstić information content (AvgIpc) is 2.97. The summed E-state index contributed by atoms with van der Waals surface area (Å²) >= 11 is 0. The van der Waals surface area contributed by atoms with Gasteiger partial charge in [0, 0.05) is 11.3 Å². The second-order valence-electron chi connectivity index (χ2n) is 10.0. The normalized spacial score (nSPS) is 11.7. The minimum Gasteiger partial charge on any atom is -0.377 e. The van der Waals surface area contributed by atoms with Gasteiger partial charge >= 0.3 is 0 Å². The Morgan fingerprint density at radius 1 is 0.526 bits per heavy atom. The van der Waals surface area contributed by atoms with Crippen molar-refractivity contribution in [3.8, 4) is 11.3 Å². The zero-order valence-corrected chi connectivity index (χ0v) is 22.3. The molecule has 0 spiro atoms. The molecule has 38 heavy (non-hydrogen) atoms. The van der Waals surface area contributed by atoms with Gasteiger partial charge in [0.25, 0.3) is 0 Å². The zero-order valence-electron chi connectivity index (χ0n) is 22.3. The first-order valence-corrected chi connectivity index (χ1v) is 13.3. The van der Waals surface area contributed by atoms with Crippen molar-refractivity contribution in [2.75, 3.05) is 5.32 Å². The predicted octanol–water partition coefficient (Wildman–Crippen LogP) is 10.0. The molecule has 1 N–H and O–H groups in total. The van der Waals surface area contributed by atoms with Crippen molar-refractivity contribution in [2.24, 2.45) is 0 Å². The summed E-state index contributed by atoms with van der Waals surface area (Å²) in [5.41, 5.74) is 5.69. The van der Waals surface area contributed by atoms with Crippen molar-refractivity contribution in [3.63, 3.8) is 0 Å². The van der Waals surface area contributed by atoms with Crippen LogP contribution in [-0.2, 0) is 0 Å². The van der Waals surface area contributed by atoms with Crippen molar-refractivity contribution in [1.82, 2.24) is 4.98 Å². The summed E-state index contributed by atoms with van der Waals surface area (Å²) in [4.78, 5) is 4.82. The van der Waals surface area contributed by atoms with E-state index in [9.17, 15) is 0 Å². The molecule has 1 unspecified atom stereocenters. The van der Waals surface area contributed by atoms with Crippen molar-refractivity contribution in [2.45, 2.75) is 32.7 Å². The third-order valence-corrected chi connectivity index (χ3v) is 6.86. The molecule has 0 saturated heterocycles. The van der Waals surface area contributed by atoms with Gasteiger partial charge in [0.2, 0.25) is 0 Å². The van der Waals surface area contributed by atoms with Gasteiger partial charge in [-0.2, -0.15) is 0 Å². The van der Waals surface area contributed by atoms with Gasteiger partial charge in [-0.15, -0.1) is 0 Å². The molecular formula is C36H34N2. The van der Waals surface area contributed by atoms with E-state index in [1.807, 2.05) is 18.2 Å². The number of nitrogens with one attached hydrogen (secondary N) is 1. The van der Waals surface area contributed by atoms with Crippen LogP contribution in [0.2, 0.25) is 0 Å². The van der Waals surface area contributed by atoms with Crippen molar-refractivity contribution in [3.05, 3.63) is 145 Å². The standard InChI is InChI=1S/C22H24N2.C14H10/c1-16(2)18-12-14-20(15-13-18)23-17(3)21-10-7-11-22(24-21)19-8-5-4-6-9-19;1-2-6-12-10-14-8-4-3-7-13(14)9-11(12)5-1/h4-17,23H,1-3H3;1-10H. The van der Waals surface area contributed by atoms with Crippen LogP contribution in [0.4, 0.5) is 5.69 Å². The molecule has 2 heteroatoms. The SMILES string of the molecule is CC(C)c1ccc(NC(C)c2cccc(-c3ccccc3)n2)cc1.c1ccc2cc3ccccc3cc2c1. The number of pyridine rings is 1. The number of nitrogens with zero attached hydrogens (tertiary/aromatic N) is 1. The highest BCUT2D eigenvalue weighted by Gasteiger charge is 2.09. The molecule has 0 bridgehead atoms. The first kappa shape index (κ1) is 25.2. The lowest BCUT2D eigenvalue weighted by Gasteiger charge is -2.16. The number of fused-ring (bicyclic) bond motifs is 2. The maximum absolute atomic E-state index is 4.82. The van der Waals surface area contributed by atoms with Crippen LogP contribution in [0.15, 0.2) is 133 Å². The molecule has 0 radical (unpaired) electrons. The molecule has 0 aliphatic rings. The lowest BCUT2D eigenvalue weighted by Crippen LogP contribution is -2.08. The van der Waals surface area contributed by atoms with Crippen LogP contribution in [-0.4, -0.2) is 4.98 Å². The van der Waals surface area contributed by atoms with Crippen LogP contribution in [0.1, 0.15) is 44.0 Å². The molecule has 0 fully saturated rings. The molecule has 1 atom stereocenters. The van der Waals surface area contributed by atoms with E-state index >= 15 is 0 Å². The van der Waals surface area contributed by atoms with Gasteiger partial charge in [0.1, 0.15) is 0 Å². The summed E-state index contributed by atoms with van der Waals surface area (Å²) < 4.78 is 0. The van der Waals surface area contributed by atoms with Crippen LogP contribution >= 0.6 is 0 Å². The fraction of sp³-hybridized carbons (Fsp3) is 0.139. The number of aromatic nitrogens is 1. The smallest absolute Gasteiger partial charge is 0.0706 e. The summed E-state index contributed by atoms with van der Waals surface area (Å²) in [6, 6.07) is 46.7. The molecule has 0 saturated carbocycles. The monoisotopic (exact) mass is 494 g/mol. The van der Waals surface area contributed by atoms with Gasteiger partial charge in [0.05, 0.1) is 17.4 Å². The summed E-state index contributed by atoms with van der Waals surface area (Å²) in [5.74, 6) is 0.556. The summed E-state index contributed by atoms with van der Waals surface area (Å²) in [6.45, 7) is 6.57. The molecule has 5 aromatic carbocycles. The van der Waals surface area contributed by atoms with Crippen LogP contribution in [0.25, 0.3) is 32.8 Å². The average molecular weight is 495 g/mol. The van der Waals surface area contributed by atoms with Gasteiger partial charge in [0.15, 0.2) is 0 Å². The number of rotatable bonds is 5. The molecule has 0 amide bonds. The Hall–Kier alpha value is -4.43. The van der Waals surface area contributed by atoms with Crippen molar-refractivity contribution >= 4 is 27.2 Å². The van der Waals surface area contributed by atoms with Gasteiger partial charge in [-0.3, -0.25) is 4.98 Å². The molecule has 0 aliphatic heterocycles. The van der Waals surface area contributed by atoms with Gasteiger partial charge < -0.3 is 5.32 Å². The fourth-order valence-corrected chi connectivity index (χ4v) is 4.63. The van der Waals surface area contributed by atoms with E-state index in [0.29, 0.717) is 5.92 Å². The number of benzene rings is 5. The highest BCUT2D eigenvalue weighted by atomic mass is 14.9. The predicted molar refractivity (Wildman–Crippen MR) is 164 cm³/mol. The first-order valence-electron chi connectivity index (χ1n) is 13.3. The summed E-state index contributed by atoms with van der Waals surface area (Å²) in [7, 11) is 0. The molecule has 6 rings (SSSR count). The largest absolute Gasteiger partial charge is 0.377 e. The summed E-state index contributed by atoms with van der Waals surface area (Å²) in [5, 5.41) is 8.79. The van der Waals surface area contributed by atoms with Gasteiger partial charge in [-0.05, 0) is 76.3 Å². The third kappa shape index (κ3) is 6.10. The van der Waals surface area contributed by atoms with E-state index in [1.165, 1.54) is 27.1 Å². The van der Waals surface area contributed by atoms with Crippen LogP contribution < -0.4 is 5.32 Å². The number of hydrogen-bond donors (Lipinski definition) is 1. The molecule has 1 aromatic heterocycles. The molecule has 1 heterocycles. The lowest BCUT2D eigenvalue weighted by molar-refractivity contribution is 0.838. The minimum atomic E-state index is 0.151. The lowest BCUT2D eigenvalue weighted by atomic mass is 10.0. The van der Waals surface area contributed by atoms with Crippen LogP contribution in [0.5, 0.6) is 0 Å². The Morgan fingerprint density at radius 2 is 1.05 bits per heavy atom. The Bertz CT molecular complexity index is 1510. The van der Waals surface area contributed by atoms with E-state index in [0.717, 1.165) is 22.6 Å². The Morgan fingerprint density at radius 3 is 1.58 bits per heavy atom. The second kappa shape index (κ2) is 11.7. The van der Waals surface area contributed by atoms with Crippen molar-refractivity contribution in [1.29, 1.82) is 0 Å². The van der Waals surface area contributed by atoms with Gasteiger partial charge in [-0.1, -0.05) is 111 Å². The Labute approximate surface area is 226 Å². The number of anilines is 1. The topological polar surface area (TPSA) is 24.9 Å². The quantitative estimate of drug-likeness (QED) is 0.241.